The molecule has 0 bridgehead atoms. The molecule has 0 radical (unpaired) electrons. The Morgan fingerprint density at radius 1 is 1.60 bits per heavy atom. The Labute approximate surface area is 86.9 Å². The Morgan fingerprint density at radius 3 is 2.53 bits per heavy atom. The Kier molecular flexibility index (Phi) is 2.50. The van der Waals surface area contributed by atoms with Crippen LogP contribution in [0.4, 0.5) is 0 Å². The van der Waals surface area contributed by atoms with Crippen molar-refractivity contribution in [2.45, 2.75) is 13.8 Å². The van der Waals surface area contributed by atoms with E-state index in [1.807, 2.05) is 6.07 Å². The van der Waals surface area contributed by atoms with Crippen LogP contribution in [0.25, 0.3) is 0 Å². The number of rotatable bonds is 1. The molecular weight excluding hydrogens is 196 g/mol. The number of amides is 2. The van der Waals surface area contributed by atoms with E-state index in [1.165, 1.54) is 0 Å². The maximum atomic E-state index is 11.4. The van der Waals surface area contributed by atoms with Crippen molar-refractivity contribution in [3.05, 3.63) is 0 Å². The molecule has 4 N–H and O–H groups in total. The van der Waals surface area contributed by atoms with Crippen molar-refractivity contribution in [3.8, 4) is 6.07 Å². The summed E-state index contributed by atoms with van der Waals surface area (Å²) in [5.41, 5.74) is 9.74. The molecule has 1 heterocycles. The van der Waals surface area contributed by atoms with Crippen LogP contribution in [-0.4, -0.2) is 17.6 Å². The van der Waals surface area contributed by atoms with Crippen molar-refractivity contribution in [1.82, 2.24) is 0 Å². The molecule has 1 aliphatic rings. The van der Waals surface area contributed by atoms with Crippen LogP contribution in [0, 0.1) is 28.6 Å². The molecule has 0 saturated carbocycles. The van der Waals surface area contributed by atoms with Gasteiger partial charge in [-0.3, -0.25) is 9.59 Å². The first-order valence-electron chi connectivity index (χ1n) is 4.39. The summed E-state index contributed by atoms with van der Waals surface area (Å²) in [7, 11) is 0. The van der Waals surface area contributed by atoms with Crippen LogP contribution in [0.1, 0.15) is 13.8 Å². The molecule has 1 aliphatic heterocycles. The van der Waals surface area contributed by atoms with Crippen LogP contribution in [0.5, 0.6) is 0 Å². The highest BCUT2D eigenvalue weighted by Gasteiger charge is 2.49. The predicted molar refractivity (Wildman–Crippen MR) is 52.2 cm³/mol. The van der Waals surface area contributed by atoms with Gasteiger partial charge in [-0.05, 0) is 0 Å². The summed E-state index contributed by atoms with van der Waals surface area (Å²) < 4.78 is 0. The lowest BCUT2D eigenvalue weighted by Crippen LogP contribution is -2.52. The van der Waals surface area contributed by atoms with Gasteiger partial charge < -0.3 is 11.5 Å². The van der Waals surface area contributed by atoms with E-state index < -0.39 is 29.1 Å². The second-order valence-electron chi connectivity index (χ2n) is 4.09. The fourth-order valence-electron chi connectivity index (χ4n) is 1.86. The van der Waals surface area contributed by atoms with E-state index in [9.17, 15) is 9.59 Å². The summed E-state index contributed by atoms with van der Waals surface area (Å²) >= 11 is 0. The maximum absolute atomic E-state index is 11.4. The van der Waals surface area contributed by atoms with Crippen LogP contribution >= 0.6 is 0 Å². The van der Waals surface area contributed by atoms with E-state index >= 15 is 0 Å². The van der Waals surface area contributed by atoms with Crippen molar-refractivity contribution < 1.29 is 9.59 Å². The molecule has 0 aromatic carbocycles. The zero-order valence-electron chi connectivity index (χ0n) is 8.52. The standard InChI is InChI=1S/C9H12N4O2/c1-9(2)4(3-10)8(15)13-6(11)5(9)7(12)14/h4-5H,1-2H3,(H2,12,14)(H2,11,13,15)/t4-,5-/m0/s1. The molecule has 0 unspecified atom stereocenters. The van der Waals surface area contributed by atoms with E-state index in [1.54, 1.807) is 13.8 Å². The van der Waals surface area contributed by atoms with Gasteiger partial charge in [0, 0.05) is 5.41 Å². The van der Waals surface area contributed by atoms with Crippen molar-refractivity contribution in [2.24, 2.45) is 33.7 Å². The van der Waals surface area contributed by atoms with Gasteiger partial charge in [-0.25, -0.2) is 0 Å². The third-order valence-electron chi connectivity index (χ3n) is 2.68. The van der Waals surface area contributed by atoms with Crippen LogP contribution in [0.3, 0.4) is 0 Å². The van der Waals surface area contributed by atoms with E-state index in [2.05, 4.69) is 4.99 Å². The average molecular weight is 208 g/mol. The normalized spacial score (nSPS) is 29.1. The van der Waals surface area contributed by atoms with Gasteiger partial charge in [0.05, 0.1) is 6.07 Å². The van der Waals surface area contributed by atoms with Gasteiger partial charge in [0.25, 0.3) is 5.91 Å². The second-order valence-corrected chi connectivity index (χ2v) is 4.09. The van der Waals surface area contributed by atoms with Crippen molar-refractivity contribution in [1.29, 1.82) is 5.26 Å². The van der Waals surface area contributed by atoms with Crippen LogP contribution < -0.4 is 11.5 Å². The zero-order valence-corrected chi connectivity index (χ0v) is 8.52. The summed E-state index contributed by atoms with van der Waals surface area (Å²) in [5.74, 6) is -3.25. The third kappa shape index (κ3) is 1.56. The SMILES string of the molecule is CC1(C)[C@H](C(N)=O)C(N)=NC(=O)[C@@H]1C#N. The highest BCUT2D eigenvalue weighted by Crippen LogP contribution is 2.38. The maximum Gasteiger partial charge on any atom is 0.265 e. The Morgan fingerprint density at radius 2 is 2.13 bits per heavy atom. The first-order chi connectivity index (χ1) is 6.82. The number of nitriles is 1. The molecule has 80 valence electrons. The number of nitrogens with two attached hydrogens (primary N) is 2. The largest absolute Gasteiger partial charge is 0.386 e. The molecule has 15 heavy (non-hydrogen) atoms. The monoisotopic (exact) mass is 208 g/mol. The van der Waals surface area contributed by atoms with Gasteiger partial charge in [-0.1, -0.05) is 13.8 Å². The summed E-state index contributed by atoms with van der Waals surface area (Å²) in [6, 6.07) is 1.83. The van der Waals surface area contributed by atoms with Gasteiger partial charge in [-0.2, -0.15) is 10.3 Å². The number of hydrogen-bond donors (Lipinski definition) is 2. The first kappa shape index (κ1) is 11.2. The number of nitrogens with zero attached hydrogens (tertiary/aromatic N) is 2. The first-order valence-corrected chi connectivity index (χ1v) is 4.39. The summed E-state index contributed by atoms with van der Waals surface area (Å²) in [6.45, 7) is 3.21. The van der Waals surface area contributed by atoms with Crippen LogP contribution in [0.2, 0.25) is 0 Å². The fraction of sp³-hybridized carbons (Fsp3) is 0.556. The number of primary amides is 1. The minimum absolute atomic E-state index is 0.107. The van der Waals surface area contributed by atoms with Gasteiger partial charge in [0.15, 0.2) is 0 Å². The average Bonchev–Trinajstić information content (AvgIpc) is 2.00. The number of carbonyl (C=O) groups is 2. The third-order valence-corrected chi connectivity index (χ3v) is 2.68. The molecule has 0 fully saturated rings. The van der Waals surface area contributed by atoms with Crippen LogP contribution in [0.15, 0.2) is 4.99 Å². The van der Waals surface area contributed by atoms with Gasteiger partial charge in [-0.15, -0.1) is 0 Å². The number of carbonyl (C=O) groups excluding carboxylic acids is 2. The van der Waals surface area contributed by atoms with E-state index in [-0.39, 0.29) is 5.84 Å². The molecule has 2 amide bonds. The van der Waals surface area contributed by atoms with Crippen LogP contribution in [-0.2, 0) is 9.59 Å². The Balaban J connectivity index is 3.31. The minimum Gasteiger partial charge on any atom is -0.386 e. The van der Waals surface area contributed by atoms with Crippen molar-refractivity contribution >= 4 is 17.6 Å². The number of hydrogen-bond acceptors (Lipinski definition) is 4. The van der Waals surface area contributed by atoms with Crippen molar-refractivity contribution in [2.75, 3.05) is 0 Å². The molecule has 0 aliphatic carbocycles. The molecular formula is C9H12N4O2. The highest BCUT2D eigenvalue weighted by molar-refractivity contribution is 6.09. The summed E-state index contributed by atoms with van der Waals surface area (Å²) in [4.78, 5) is 26.0. The quantitative estimate of drug-likeness (QED) is 0.582. The lowest BCUT2D eigenvalue weighted by atomic mass is 9.67. The topological polar surface area (TPSA) is 122 Å². The predicted octanol–water partition coefficient (Wildman–Crippen LogP) is -0.849. The minimum atomic E-state index is -0.984. The molecule has 0 saturated heterocycles. The van der Waals surface area contributed by atoms with E-state index in [4.69, 9.17) is 16.7 Å². The second kappa shape index (κ2) is 3.35. The summed E-state index contributed by atoms with van der Waals surface area (Å²) in [5, 5.41) is 8.85. The van der Waals surface area contributed by atoms with Crippen molar-refractivity contribution in [3.63, 3.8) is 0 Å². The molecule has 2 atom stereocenters. The molecule has 6 heteroatoms. The Hall–Kier alpha value is -1.90. The molecule has 0 spiro atoms. The highest BCUT2D eigenvalue weighted by atomic mass is 16.2. The zero-order chi connectivity index (χ0) is 11.8. The van der Waals surface area contributed by atoms with Gasteiger partial charge in [0.1, 0.15) is 17.7 Å². The number of amidine groups is 1. The molecule has 0 aromatic heterocycles. The smallest absolute Gasteiger partial charge is 0.265 e. The van der Waals surface area contributed by atoms with Gasteiger partial charge >= 0.3 is 0 Å². The summed E-state index contributed by atoms with van der Waals surface area (Å²) in [6.07, 6.45) is 0. The van der Waals surface area contributed by atoms with E-state index in [0.29, 0.717) is 0 Å². The van der Waals surface area contributed by atoms with E-state index in [0.717, 1.165) is 0 Å². The lowest BCUT2D eigenvalue weighted by Gasteiger charge is -2.36. The number of aliphatic imine (C=N–C) groups is 1. The lowest BCUT2D eigenvalue weighted by molar-refractivity contribution is -0.129. The Bertz CT molecular complexity index is 391. The molecule has 6 nitrogen and oxygen atoms in total. The molecule has 0 aromatic rings. The van der Waals surface area contributed by atoms with Gasteiger partial charge in [0.2, 0.25) is 5.91 Å². The fourth-order valence-corrected chi connectivity index (χ4v) is 1.86. The molecule has 1 rings (SSSR count).